The molecule has 0 aromatic carbocycles. The summed E-state index contributed by atoms with van der Waals surface area (Å²) in [5, 5.41) is 0. The SMILES string of the molecule is CC1CCC2(OC1)OC1CC3C4CCC5CCCCC5(C)C4CC(=O)C3(C)C1C2C. The van der Waals surface area contributed by atoms with Gasteiger partial charge in [0.15, 0.2) is 5.79 Å². The highest BCUT2D eigenvalue weighted by molar-refractivity contribution is 5.87. The van der Waals surface area contributed by atoms with Crippen LogP contribution in [0.2, 0.25) is 0 Å². The maximum atomic E-state index is 14.0. The standard InChI is InChI=1S/C27H42O3/c1-16-10-12-27(29-15-16)17(2)24-22(30-27)13-21-19-9-8-18-7-5-6-11-25(18,3)20(19)14-23(28)26(21,24)4/h16-22,24H,5-15H2,1-4H3. The van der Waals surface area contributed by atoms with Gasteiger partial charge in [-0.1, -0.05) is 40.5 Å². The summed E-state index contributed by atoms with van der Waals surface area (Å²) in [6, 6.07) is 0. The quantitative estimate of drug-likeness (QED) is 0.487. The average Bonchev–Trinajstić information content (AvgIpc) is 3.17. The maximum Gasteiger partial charge on any atom is 0.171 e. The first kappa shape index (κ1) is 20.2. The van der Waals surface area contributed by atoms with Crippen molar-refractivity contribution in [2.45, 2.75) is 104 Å². The summed E-state index contributed by atoms with van der Waals surface area (Å²) < 4.78 is 13.2. The van der Waals surface area contributed by atoms with Gasteiger partial charge in [0.2, 0.25) is 0 Å². The van der Waals surface area contributed by atoms with Gasteiger partial charge in [0.25, 0.3) is 0 Å². The van der Waals surface area contributed by atoms with Crippen molar-refractivity contribution in [1.82, 2.24) is 0 Å². The predicted octanol–water partition coefficient (Wildman–Crippen LogP) is 6.00. The van der Waals surface area contributed by atoms with Gasteiger partial charge in [0.05, 0.1) is 12.7 Å². The molecule has 2 aliphatic heterocycles. The zero-order chi connectivity index (χ0) is 20.9. The van der Waals surface area contributed by atoms with Crippen LogP contribution in [0.25, 0.3) is 0 Å². The van der Waals surface area contributed by atoms with Crippen molar-refractivity contribution in [3.63, 3.8) is 0 Å². The number of ketones is 1. The molecule has 4 saturated carbocycles. The monoisotopic (exact) mass is 414 g/mol. The minimum Gasteiger partial charge on any atom is -0.349 e. The van der Waals surface area contributed by atoms with Gasteiger partial charge in [-0.3, -0.25) is 4.79 Å². The molecule has 0 aromatic rings. The molecular formula is C27H42O3. The van der Waals surface area contributed by atoms with Crippen LogP contribution in [0, 0.1) is 52.3 Å². The molecule has 0 bridgehead atoms. The molecule has 6 fully saturated rings. The van der Waals surface area contributed by atoms with Crippen molar-refractivity contribution in [3.05, 3.63) is 0 Å². The van der Waals surface area contributed by atoms with E-state index in [1.165, 1.54) is 44.9 Å². The van der Waals surface area contributed by atoms with Gasteiger partial charge in [-0.15, -0.1) is 0 Å². The smallest absolute Gasteiger partial charge is 0.171 e. The third-order valence-electron chi connectivity index (χ3n) is 11.7. The van der Waals surface area contributed by atoms with Crippen LogP contribution in [0.5, 0.6) is 0 Å². The molecule has 6 aliphatic rings. The van der Waals surface area contributed by atoms with E-state index in [9.17, 15) is 4.79 Å². The first-order valence-electron chi connectivity index (χ1n) is 13.1. The third kappa shape index (κ3) is 2.43. The Balaban J connectivity index is 1.31. The summed E-state index contributed by atoms with van der Waals surface area (Å²) in [7, 11) is 0. The van der Waals surface area contributed by atoms with Crippen molar-refractivity contribution >= 4 is 5.78 Å². The fraction of sp³-hybridized carbons (Fsp3) is 0.963. The molecule has 168 valence electrons. The van der Waals surface area contributed by atoms with Gasteiger partial charge in [0, 0.05) is 30.1 Å². The molecule has 11 atom stereocenters. The van der Waals surface area contributed by atoms with Crippen molar-refractivity contribution < 1.29 is 14.3 Å². The van der Waals surface area contributed by atoms with E-state index in [0.29, 0.717) is 40.8 Å². The van der Waals surface area contributed by atoms with Crippen LogP contribution in [0.4, 0.5) is 0 Å². The van der Waals surface area contributed by atoms with E-state index in [0.717, 1.165) is 37.7 Å². The number of hydrogen-bond donors (Lipinski definition) is 0. The van der Waals surface area contributed by atoms with Gasteiger partial charge in [-0.25, -0.2) is 0 Å². The maximum absolute atomic E-state index is 14.0. The highest BCUT2D eigenvalue weighted by atomic mass is 16.7. The first-order chi connectivity index (χ1) is 14.3. The second kappa shape index (κ2) is 6.56. The van der Waals surface area contributed by atoms with Crippen LogP contribution in [0.15, 0.2) is 0 Å². The molecule has 0 radical (unpaired) electrons. The summed E-state index contributed by atoms with van der Waals surface area (Å²) >= 11 is 0. The summed E-state index contributed by atoms with van der Waals surface area (Å²) in [6.45, 7) is 10.3. The second-order valence-electron chi connectivity index (χ2n) is 12.8. The summed E-state index contributed by atoms with van der Waals surface area (Å²) in [4.78, 5) is 14.0. The Labute approximate surface area is 183 Å². The Kier molecular flexibility index (Phi) is 4.42. The minimum absolute atomic E-state index is 0.195. The molecule has 0 N–H and O–H groups in total. The van der Waals surface area contributed by atoms with Gasteiger partial charge in [-0.05, 0) is 73.5 Å². The summed E-state index contributed by atoms with van der Waals surface area (Å²) in [5.41, 5.74) is 0.214. The number of hydrogen-bond acceptors (Lipinski definition) is 3. The summed E-state index contributed by atoms with van der Waals surface area (Å²) in [5.74, 6) is 4.20. The van der Waals surface area contributed by atoms with Crippen LogP contribution < -0.4 is 0 Å². The molecule has 4 aliphatic carbocycles. The average molecular weight is 415 g/mol. The lowest BCUT2D eigenvalue weighted by molar-refractivity contribution is -0.272. The fourth-order valence-electron chi connectivity index (χ4n) is 9.99. The largest absolute Gasteiger partial charge is 0.349 e. The number of ether oxygens (including phenoxy) is 2. The zero-order valence-electron chi connectivity index (χ0n) is 19.6. The molecule has 0 aromatic heterocycles. The van der Waals surface area contributed by atoms with Crippen molar-refractivity contribution in [3.8, 4) is 0 Å². The zero-order valence-corrected chi connectivity index (χ0v) is 19.6. The van der Waals surface area contributed by atoms with E-state index in [1.54, 1.807) is 0 Å². The van der Waals surface area contributed by atoms with Crippen LogP contribution in [-0.4, -0.2) is 24.3 Å². The number of carbonyl (C=O) groups is 1. The van der Waals surface area contributed by atoms with E-state index in [2.05, 4.69) is 27.7 Å². The molecule has 6 rings (SSSR count). The Bertz CT molecular complexity index is 724. The Morgan fingerprint density at radius 3 is 2.57 bits per heavy atom. The molecule has 2 saturated heterocycles. The predicted molar refractivity (Wildman–Crippen MR) is 117 cm³/mol. The van der Waals surface area contributed by atoms with Crippen LogP contribution >= 0.6 is 0 Å². The second-order valence-corrected chi connectivity index (χ2v) is 12.8. The van der Waals surface area contributed by atoms with Gasteiger partial charge < -0.3 is 9.47 Å². The van der Waals surface area contributed by atoms with Crippen molar-refractivity contribution in [1.29, 1.82) is 0 Å². The van der Waals surface area contributed by atoms with E-state index in [4.69, 9.17) is 9.47 Å². The van der Waals surface area contributed by atoms with E-state index >= 15 is 0 Å². The molecule has 3 nitrogen and oxygen atoms in total. The molecular weight excluding hydrogens is 372 g/mol. The van der Waals surface area contributed by atoms with Crippen molar-refractivity contribution in [2.75, 3.05) is 6.61 Å². The van der Waals surface area contributed by atoms with Gasteiger partial charge >= 0.3 is 0 Å². The fourth-order valence-corrected chi connectivity index (χ4v) is 9.99. The Morgan fingerprint density at radius 2 is 1.80 bits per heavy atom. The topological polar surface area (TPSA) is 35.5 Å². The lowest BCUT2D eigenvalue weighted by atomic mass is 9.44. The van der Waals surface area contributed by atoms with E-state index in [1.807, 2.05) is 0 Å². The normalized spacial score (nSPS) is 60.1. The number of carbonyl (C=O) groups excluding carboxylic acids is 1. The molecule has 0 amide bonds. The number of rotatable bonds is 0. The highest BCUT2D eigenvalue weighted by Gasteiger charge is 2.71. The molecule has 30 heavy (non-hydrogen) atoms. The van der Waals surface area contributed by atoms with Crippen LogP contribution in [-0.2, 0) is 14.3 Å². The number of Topliss-reactive ketones (excluding diaryl/α,β-unsaturated/α-hetero) is 1. The van der Waals surface area contributed by atoms with Crippen molar-refractivity contribution in [2.24, 2.45) is 52.3 Å². The van der Waals surface area contributed by atoms with Gasteiger partial charge in [-0.2, -0.15) is 0 Å². The molecule has 2 heterocycles. The van der Waals surface area contributed by atoms with Crippen LogP contribution in [0.3, 0.4) is 0 Å². The summed E-state index contributed by atoms with van der Waals surface area (Å²) in [6.07, 6.45) is 12.6. The molecule has 11 unspecified atom stereocenters. The van der Waals surface area contributed by atoms with Gasteiger partial charge in [0.1, 0.15) is 5.78 Å². The lowest BCUT2D eigenvalue weighted by Gasteiger charge is -2.60. The minimum atomic E-state index is -0.417. The molecule has 3 heteroatoms. The molecule has 1 spiro atoms. The van der Waals surface area contributed by atoms with E-state index < -0.39 is 5.79 Å². The lowest BCUT2D eigenvalue weighted by Crippen LogP contribution is -2.57. The first-order valence-corrected chi connectivity index (χ1v) is 13.1. The Morgan fingerprint density at radius 1 is 0.967 bits per heavy atom. The Hall–Kier alpha value is -0.410. The number of fused-ring (bicyclic) bond motifs is 7. The third-order valence-corrected chi connectivity index (χ3v) is 11.7. The highest BCUT2D eigenvalue weighted by Crippen LogP contribution is 2.70. The van der Waals surface area contributed by atoms with Crippen LogP contribution in [0.1, 0.15) is 91.9 Å². The van der Waals surface area contributed by atoms with E-state index in [-0.39, 0.29) is 11.5 Å².